The molecule has 0 saturated heterocycles. The maximum Gasteiger partial charge on any atom is 0.223 e. The molecule has 0 bridgehead atoms. The van der Waals surface area contributed by atoms with Gasteiger partial charge in [0.15, 0.2) is 0 Å². The molecule has 1 rings (SSSR count). The zero-order valence-electron chi connectivity index (χ0n) is 8.28. The minimum atomic E-state index is 0.123. The lowest BCUT2D eigenvalue weighted by Crippen LogP contribution is -2.33. The highest BCUT2D eigenvalue weighted by molar-refractivity contribution is 5.78. The summed E-state index contributed by atoms with van der Waals surface area (Å²) >= 11 is 0. The fraction of sp³-hybridized carbons (Fsp3) is 0.889. The summed E-state index contributed by atoms with van der Waals surface area (Å²) in [6, 6.07) is 0. The molecule has 0 radical (unpaired) electrons. The Labute approximate surface area is 83.5 Å². The molecule has 0 aromatic heterocycles. The van der Waals surface area contributed by atoms with Crippen LogP contribution < -0.4 is 5.32 Å². The number of hydrogen-bond donors (Lipinski definition) is 1. The van der Waals surface area contributed by atoms with Crippen LogP contribution in [0.25, 0.3) is 10.4 Å². The van der Waals surface area contributed by atoms with Crippen LogP contribution in [0.3, 0.4) is 0 Å². The minimum absolute atomic E-state index is 0.123. The molecule has 1 aliphatic carbocycles. The minimum Gasteiger partial charge on any atom is -0.356 e. The monoisotopic (exact) mass is 196 g/mol. The predicted octanol–water partition coefficient (Wildman–Crippen LogP) is 1.99. The second-order valence-electron chi connectivity index (χ2n) is 3.58. The summed E-state index contributed by atoms with van der Waals surface area (Å²) in [5, 5.41) is 6.14. The highest BCUT2D eigenvalue weighted by atomic mass is 16.1. The van der Waals surface area contributed by atoms with E-state index >= 15 is 0 Å². The smallest absolute Gasteiger partial charge is 0.223 e. The molecule has 0 atom stereocenters. The topological polar surface area (TPSA) is 77.9 Å². The standard InChI is InChI=1S/C9H16N4O/c10-13-12-7-6-11-9(14)8-4-2-1-3-5-8/h8H,1-7H2,(H,11,14). The van der Waals surface area contributed by atoms with E-state index in [-0.39, 0.29) is 11.8 Å². The van der Waals surface area contributed by atoms with Crippen LogP contribution >= 0.6 is 0 Å². The first-order valence-corrected chi connectivity index (χ1v) is 5.13. The molecule has 1 fully saturated rings. The third-order valence-electron chi connectivity index (χ3n) is 2.55. The van der Waals surface area contributed by atoms with Gasteiger partial charge in [0.2, 0.25) is 5.91 Å². The fourth-order valence-electron chi connectivity index (χ4n) is 1.78. The molecule has 5 heteroatoms. The van der Waals surface area contributed by atoms with Gasteiger partial charge in [-0.1, -0.05) is 24.4 Å². The van der Waals surface area contributed by atoms with Crippen molar-refractivity contribution in [1.29, 1.82) is 0 Å². The number of nitrogens with one attached hydrogen (secondary N) is 1. The molecule has 0 aromatic rings. The van der Waals surface area contributed by atoms with Crippen LogP contribution in [0.5, 0.6) is 0 Å². The van der Waals surface area contributed by atoms with E-state index in [1.807, 2.05) is 0 Å². The molecular formula is C9H16N4O. The summed E-state index contributed by atoms with van der Waals surface area (Å²) in [6.07, 6.45) is 5.59. The first-order valence-electron chi connectivity index (χ1n) is 5.13. The molecule has 14 heavy (non-hydrogen) atoms. The zero-order valence-corrected chi connectivity index (χ0v) is 8.28. The second kappa shape index (κ2) is 6.27. The van der Waals surface area contributed by atoms with Crippen LogP contribution in [0.2, 0.25) is 0 Å². The van der Waals surface area contributed by atoms with E-state index in [2.05, 4.69) is 15.3 Å². The van der Waals surface area contributed by atoms with E-state index < -0.39 is 0 Å². The van der Waals surface area contributed by atoms with Crippen molar-refractivity contribution in [3.63, 3.8) is 0 Å². The molecule has 0 heterocycles. The van der Waals surface area contributed by atoms with E-state index in [0.717, 1.165) is 25.7 Å². The van der Waals surface area contributed by atoms with Gasteiger partial charge in [-0.2, -0.15) is 0 Å². The molecule has 1 aliphatic rings. The van der Waals surface area contributed by atoms with Gasteiger partial charge < -0.3 is 5.32 Å². The van der Waals surface area contributed by atoms with Crippen LogP contribution in [0, 0.1) is 5.92 Å². The van der Waals surface area contributed by atoms with Gasteiger partial charge in [0.1, 0.15) is 0 Å². The Kier molecular flexibility index (Phi) is 4.86. The third kappa shape index (κ3) is 3.66. The van der Waals surface area contributed by atoms with E-state index in [0.29, 0.717) is 13.1 Å². The summed E-state index contributed by atoms with van der Waals surface area (Å²) in [7, 11) is 0. The van der Waals surface area contributed by atoms with Gasteiger partial charge in [-0.15, -0.1) is 0 Å². The first kappa shape index (κ1) is 10.9. The number of rotatable bonds is 4. The lowest BCUT2D eigenvalue weighted by Gasteiger charge is -2.20. The Morgan fingerprint density at radius 1 is 1.43 bits per heavy atom. The van der Waals surface area contributed by atoms with Crippen molar-refractivity contribution in [2.24, 2.45) is 11.0 Å². The normalized spacial score (nSPS) is 17.1. The number of azide groups is 1. The molecule has 5 nitrogen and oxygen atoms in total. The SMILES string of the molecule is [N-]=[N+]=NCCNC(=O)C1CCCCC1. The van der Waals surface area contributed by atoms with Gasteiger partial charge in [0, 0.05) is 23.9 Å². The van der Waals surface area contributed by atoms with Gasteiger partial charge in [0.05, 0.1) is 0 Å². The lowest BCUT2D eigenvalue weighted by molar-refractivity contribution is -0.125. The lowest BCUT2D eigenvalue weighted by atomic mass is 9.89. The van der Waals surface area contributed by atoms with Crippen LogP contribution in [-0.4, -0.2) is 19.0 Å². The number of carbonyl (C=O) groups excluding carboxylic acids is 1. The van der Waals surface area contributed by atoms with Gasteiger partial charge >= 0.3 is 0 Å². The highest BCUT2D eigenvalue weighted by Gasteiger charge is 2.19. The second-order valence-corrected chi connectivity index (χ2v) is 3.58. The zero-order chi connectivity index (χ0) is 10.2. The largest absolute Gasteiger partial charge is 0.356 e. The molecule has 0 aromatic carbocycles. The number of amides is 1. The van der Waals surface area contributed by atoms with Gasteiger partial charge in [-0.05, 0) is 18.4 Å². The molecule has 1 saturated carbocycles. The maximum atomic E-state index is 11.5. The Hall–Kier alpha value is -1.22. The average Bonchev–Trinajstić information content (AvgIpc) is 2.25. The van der Waals surface area contributed by atoms with E-state index in [1.165, 1.54) is 6.42 Å². The van der Waals surface area contributed by atoms with Crippen LogP contribution in [0.15, 0.2) is 5.11 Å². The van der Waals surface area contributed by atoms with E-state index in [4.69, 9.17) is 5.53 Å². The van der Waals surface area contributed by atoms with Crippen LogP contribution in [0.1, 0.15) is 32.1 Å². The average molecular weight is 196 g/mol. The summed E-state index contributed by atoms with van der Waals surface area (Å²) in [6.45, 7) is 0.800. The quantitative estimate of drug-likeness (QED) is 0.317. The molecule has 1 N–H and O–H groups in total. The van der Waals surface area contributed by atoms with E-state index in [1.54, 1.807) is 0 Å². The first-order chi connectivity index (χ1) is 6.84. The molecule has 0 aliphatic heterocycles. The Morgan fingerprint density at radius 2 is 2.14 bits per heavy atom. The maximum absolute atomic E-state index is 11.5. The van der Waals surface area contributed by atoms with Crippen molar-refractivity contribution in [3.8, 4) is 0 Å². The van der Waals surface area contributed by atoms with Gasteiger partial charge in [0.25, 0.3) is 0 Å². The molecule has 0 unspecified atom stereocenters. The Morgan fingerprint density at radius 3 is 2.79 bits per heavy atom. The van der Waals surface area contributed by atoms with Gasteiger partial charge in [-0.3, -0.25) is 4.79 Å². The summed E-state index contributed by atoms with van der Waals surface area (Å²) in [5.74, 6) is 0.313. The molecule has 78 valence electrons. The fourth-order valence-corrected chi connectivity index (χ4v) is 1.78. The summed E-state index contributed by atoms with van der Waals surface area (Å²) in [5.41, 5.74) is 8.03. The number of nitrogens with zero attached hydrogens (tertiary/aromatic N) is 3. The molecule has 1 amide bonds. The van der Waals surface area contributed by atoms with Crippen molar-refractivity contribution < 1.29 is 4.79 Å². The predicted molar refractivity (Wildman–Crippen MR) is 53.6 cm³/mol. The van der Waals surface area contributed by atoms with Crippen molar-refractivity contribution in [3.05, 3.63) is 10.4 Å². The van der Waals surface area contributed by atoms with Gasteiger partial charge in [-0.25, -0.2) is 0 Å². The Bertz CT molecular complexity index is 229. The summed E-state index contributed by atoms with van der Waals surface area (Å²) < 4.78 is 0. The van der Waals surface area contributed by atoms with Crippen molar-refractivity contribution in [2.75, 3.05) is 13.1 Å². The Balaban J connectivity index is 2.16. The highest BCUT2D eigenvalue weighted by Crippen LogP contribution is 2.23. The van der Waals surface area contributed by atoms with Crippen molar-refractivity contribution in [2.45, 2.75) is 32.1 Å². The summed E-state index contributed by atoms with van der Waals surface area (Å²) in [4.78, 5) is 14.1. The van der Waals surface area contributed by atoms with E-state index in [9.17, 15) is 4.79 Å². The number of hydrogen-bond acceptors (Lipinski definition) is 2. The van der Waals surface area contributed by atoms with Crippen molar-refractivity contribution >= 4 is 5.91 Å². The van der Waals surface area contributed by atoms with Crippen LogP contribution in [0.4, 0.5) is 0 Å². The van der Waals surface area contributed by atoms with Crippen LogP contribution in [-0.2, 0) is 4.79 Å². The molecular weight excluding hydrogens is 180 g/mol. The number of carbonyl (C=O) groups is 1. The van der Waals surface area contributed by atoms with Crippen molar-refractivity contribution in [1.82, 2.24) is 5.32 Å². The third-order valence-corrected chi connectivity index (χ3v) is 2.55. The molecule has 0 spiro atoms.